The van der Waals surface area contributed by atoms with E-state index in [-0.39, 0.29) is 24.3 Å². The summed E-state index contributed by atoms with van der Waals surface area (Å²) in [5.74, 6) is -0.377. The lowest BCUT2D eigenvalue weighted by Crippen LogP contribution is -2.27. The van der Waals surface area contributed by atoms with Gasteiger partial charge in [-0.2, -0.15) is 0 Å². The number of hydrogen-bond donors (Lipinski definition) is 2. The lowest BCUT2D eigenvalue weighted by Gasteiger charge is -2.24. The predicted octanol–water partition coefficient (Wildman–Crippen LogP) is 1.52. The molecule has 1 aromatic rings. The second-order valence-corrected chi connectivity index (χ2v) is 4.87. The summed E-state index contributed by atoms with van der Waals surface area (Å²) >= 11 is 0. The van der Waals surface area contributed by atoms with Crippen LogP contribution in [0, 0.1) is 0 Å². The fourth-order valence-corrected chi connectivity index (χ4v) is 2.52. The molecule has 0 spiro atoms. The Morgan fingerprint density at radius 1 is 1.44 bits per heavy atom. The maximum Gasteiger partial charge on any atom is 0.304 e. The number of benzene rings is 1. The third-order valence-electron chi connectivity index (χ3n) is 3.56. The Labute approximate surface area is 104 Å². The van der Waals surface area contributed by atoms with E-state index in [1.165, 1.54) is 0 Å². The molecule has 0 bridgehead atoms. The molecule has 0 aromatic heterocycles. The van der Waals surface area contributed by atoms with Crippen molar-refractivity contribution in [2.45, 2.75) is 24.7 Å². The van der Waals surface area contributed by atoms with Gasteiger partial charge in [0.05, 0.1) is 12.1 Å². The van der Waals surface area contributed by atoms with Gasteiger partial charge in [0.25, 0.3) is 5.91 Å². The predicted molar refractivity (Wildman–Crippen MR) is 63.7 cm³/mol. The number of carboxylic acid groups (broad SMARTS) is 1. The molecule has 1 fully saturated rings. The van der Waals surface area contributed by atoms with Gasteiger partial charge in [0.1, 0.15) is 5.75 Å². The number of carboxylic acids is 1. The smallest absolute Gasteiger partial charge is 0.304 e. The van der Waals surface area contributed by atoms with E-state index >= 15 is 0 Å². The van der Waals surface area contributed by atoms with E-state index in [0.717, 1.165) is 18.4 Å². The fourth-order valence-electron chi connectivity index (χ4n) is 2.52. The highest BCUT2D eigenvalue weighted by molar-refractivity contribution is 5.96. The highest BCUT2D eigenvalue weighted by Crippen LogP contribution is 2.55. The van der Waals surface area contributed by atoms with Crippen LogP contribution in [0.25, 0.3) is 0 Å². The maximum absolute atomic E-state index is 11.4. The van der Waals surface area contributed by atoms with Gasteiger partial charge in [-0.15, -0.1) is 0 Å². The number of hydrogen-bond acceptors (Lipinski definition) is 3. The molecule has 3 rings (SSSR count). The number of anilines is 1. The number of carbonyl (C=O) groups is 2. The van der Waals surface area contributed by atoms with Crippen LogP contribution in [0.2, 0.25) is 0 Å². The van der Waals surface area contributed by atoms with E-state index < -0.39 is 5.97 Å². The van der Waals surface area contributed by atoms with Crippen molar-refractivity contribution >= 4 is 17.6 Å². The molecule has 2 N–H and O–H groups in total. The zero-order chi connectivity index (χ0) is 12.8. The lowest BCUT2D eigenvalue weighted by molar-refractivity contribution is -0.137. The van der Waals surface area contributed by atoms with Crippen molar-refractivity contribution in [3.05, 3.63) is 23.8 Å². The molecule has 1 heterocycles. The van der Waals surface area contributed by atoms with Crippen LogP contribution in [0.15, 0.2) is 18.2 Å². The SMILES string of the molecule is O=C(O)CC1(c2cccc3c2NC(=O)CO3)CC1. The molecule has 1 aromatic carbocycles. The molecule has 94 valence electrons. The van der Waals surface area contributed by atoms with Crippen LogP contribution >= 0.6 is 0 Å². The molecule has 1 saturated carbocycles. The number of amides is 1. The van der Waals surface area contributed by atoms with Crippen LogP contribution in [0.3, 0.4) is 0 Å². The second kappa shape index (κ2) is 3.73. The van der Waals surface area contributed by atoms with Gasteiger partial charge in [0, 0.05) is 5.41 Å². The van der Waals surface area contributed by atoms with Crippen LogP contribution in [0.1, 0.15) is 24.8 Å². The van der Waals surface area contributed by atoms with Gasteiger partial charge in [-0.3, -0.25) is 9.59 Å². The Morgan fingerprint density at radius 2 is 2.22 bits per heavy atom. The lowest BCUT2D eigenvalue weighted by atomic mass is 9.90. The van der Waals surface area contributed by atoms with Crippen molar-refractivity contribution in [1.29, 1.82) is 0 Å². The minimum atomic E-state index is -0.812. The molecule has 5 nitrogen and oxygen atoms in total. The summed E-state index contributed by atoms with van der Waals surface area (Å²) in [6.07, 6.45) is 1.77. The molecule has 1 amide bonds. The summed E-state index contributed by atoms with van der Waals surface area (Å²) in [6, 6.07) is 5.51. The summed E-state index contributed by atoms with van der Waals surface area (Å²) in [7, 11) is 0. The number of fused-ring (bicyclic) bond motifs is 1. The van der Waals surface area contributed by atoms with Crippen molar-refractivity contribution in [1.82, 2.24) is 0 Å². The number of aliphatic carboxylic acids is 1. The third kappa shape index (κ3) is 1.72. The van der Waals surface area contributed by atoms with Gasteiger partial charge >= 0.3 is 5.97 Å². The minimum absolute atomic E-state index is 0.0163. The molecular weight excluding hydrogens is 234 g/mol. The van der Waals surface area contributed by atoms with Gasteiger partial charge in [-0.05, 0) is 24.5 Å². The monoisotopic (exact) mass is 247 g/mol. The largest absolute Gasteiger partial charge is 0.482 e. The molecule has 0 radical (unpaired) electrons. The molecular formula is C13H13NO4. The maximum atomic E-state index is 11.4. The molecule has 1 aliphatic heterocycles. The van der Waals surface area contributed by atoms with Crippen molar-refractivity contribution in [3.63, 3.8) is 0 Å². The average Bonchev–Trinajstić information content (AvgIpc) is 3.08. The zero-order valence-electron chi connectivity index (χ0n) is 9.73. The van der Waals surface area contributed by atoms with E-state index in [1.54, 1.807) is 6.07 Å². The number of ether oxygens (including phenoxy) is 1. The summed E-state index contributed by atoms with van der Waals surface area (Å²) in [5.41, 5.74) is 1.20. The first-order valence-electron chi connectivity index (χ1n) is 5.89. The summed E-state index contributed by atoms with van der Waals surface area (Å²) in [5, 5.41) is 11.8. The van der Waals surface area contributed by atoms with Crippen LogP contribution in [0.4, 0.5) is 5.69 Å². The number of para-hydroxylation sites is 1. The van der Waals surface area contributed by atoms with E-state index in [9.17, 15) is 9.59 Å². The number of nitrogens with one attached hydrogen (secondary N) is 1. The normalized spacial score (nSPS) is 19.4. The first-order chi connectivity index (χ1) is 8.61. The van der Waals surface area contributed by atoms with Gasteiger partial charge in [-0.1, -0.05) is 12.1 Å². The number of rotatable bonds is 3. The van der Waals surface area contributed by atoms with Crippen molar-refractivity contribution in [3.8, 4) is 5.75 Å². The first kappa shape index (κ1) is 11.1. The Kier molecular flexibility index (Phi) is 2.29. The van der Waals surface area contributed by atoms with Gasteiger partial charge in [0.15, 0.2) is 6.61 Å². The first-order valence-corrected chi connectivity index (χ1v) is 5.89. The molecule has 1 aliphatic carbocycles. The standard InChI is InChI=1S/C13H13NO4/c15-10-7-18-9-3-1-2-8(12(9)14-10)13(4-5-13)6-11(16)17/h1-3H,4-7H2,(H,14,15)(H,16,17). The van der Waals surface area contributed by atoms with E-state index in [4.69, 9.17) is 9.84 Å². The highest BCUT2D eigenvalue weighted by Gasteiger charge is 2.48. The van der Waals surface area contributed by atoms with Crippen LogP contribution in [-0.4, -0.2) is 23.6 Å². The van der Waals surface area contributed by atoms with E-state index in [0.29, 0.717) is 11.4 Å². The number of carbonyl (C=O) groups excluding carboxylic acids is 1. The molecule has 2 aliphatic rings. The minimum Gasteiger partial charge on any atom is -0.482 e. The Hall–Kier alpha value is -2.04. The van der Waals surface area contributed by atoms with Gasteiger partial charge < -0.3 is 15.2 Å². The zero-order valence-corrected chi connectivity index (χ0v) is 9.73. The molecule has 5 heteroatoms. The molecule has 0 atom stereocenters. The third-order valence-corrected chi connectivity index (χ3v) is 3.56. The second-order valence-electron chi connectivity index (χ2n) is 4.87. The Balaban J connectivity index is 2.03. The molecule has 0 saturated heterocycles. The Morgan fingerprint density at radius 3 is 2.89 bits per heavy atom. The summed E-state index contributed by atoms with van der Waals surface area (Å²) < 4.78 is 5.34. The van der Waals surface area contributed by atoms with Gasteiger partial charge in [-0.25, -0.2) is 0 Å². The van der Waals surface area contributed by atoms with Crippen LogP contribution in [0.5, 0.6) is 5.75 Å². The molecule has 0 unspecified atom stereocenters. The highest BCUT2D eigenvalue weighted by atomic mass is 16.5. The summed E-state index contributed by atoms with van der Waals surface area (Å²) in [4.78, 5) is 22.3. The summed E-state index contributed by atoms with van der Waals surface area (Å²) in [6.45, 7) is 0.0163. The van der Waals surface area contributed by atoms with Crippen molar-refractivity contribution < 1.29 is 19.4 Å². The van der Waals surface area contributed by atoms with Gasteiger partial charge in [0.2, 0.25) is 0 Å². The van der Waals surface area contributed by atoms with E-state index in [2.05, 4.69) is 5.32 Å². The molecule has 18 heavy (non-hydrogen) atoms. The van der Waals surface area contributed by atoms with Crippen LogP contribution < -0.4 is 10.1 Å². The average molecular weight is 247 g/mol. The van der Waals surface area contributed by atoms with Crippen LogP contribution in [-0.2, 0) is 15.0 Å². The Bertz CT molecular complexity index is 534. The topological polar surface area (TPSA) is 75.6 Å². The quantitative estimate of drug-likeness (QED) is 0.849. The fraction of sp³-hybridized carbons (Fsp3) is 0.385. The van der Waals surface area contributed by atoms with E-state index in [1.807, 2.05) is 12.1 Å². The van der Waals surface area contributed by atoms with Crippen molar-refractivity contribution in [2.75, 3.05) is 11.9 Å². The van der Waals surface area contributed by atoms with Crippen molar-refractivity contribution in [2.24, 2.45) is 0 Å².